The van der Waals surface area contributed by atoms with Gasteiger partial charge in [-0.2, -0.15) is 11.8 Å². The second kappa shape index (κ2) is 11.4. The number of morpholine rings is 1. The Kier molecular flexibility index (Phi) is 8.98. The molecule has 0 aliphatic carbocycles. The second-order valence-electron chi connectivity index (χ2n) is 5.36. The average molecular weight is 340 g/mol. The van der Waals surface area contributed by atoms with Gasteiger partial charge < -0.3 is 19.8 Å². The molecule has 0 amide bonds. The van der Waals surface area contributed by atoms with Crippen LogP contribution in [0, 0.1) is 0 Å². The zero-order valence-electron chi connectivity index (χ0n) is 13.9. The van der Waals surface area contributed by atoms with Gasteiger partial charge in [0.15, 0.2) is 5.96 Å². The first-order valence-electron chi connectivity index (χ1n) is 8.22. The Morgan fingerprint density at radius 3 is 2.87 bits per heavy atom. The summed E-state index contributed by atoms with van der Waals surface area (Å²) in [4.78, 5) is 7.08. The van der Waals surface area contributed by atoms with E-state index < -0.39 is 0 Å². The number of thioether (sulfide) groups is 1. The number of furan rings is 1. The third kappa shape index (κ3) is 7.76. The van der Waals surface area contributed by atoms with E-state index in [-0.39, 0.29) is 0 Å². The molecule has 1 fully saturated rings. The molecule has 0 unspecified atom stereocenters. The molecule has 1 aliphatic heterocycles. The minimum absolute atomic E-state index is 0.801. The molecular weight excluding hydrogens is 312 g/mol. The number of guanidine groups is 1. The zero-order chi connectivity index (χ0) is 16.2. The maximum absolute atomic E-state index is 5.37. The summed E-state index contributed by atoms with van der Waals surface area (Å²) < 4.78 is 10.7. The molecule has 0 aromatic carbocycles. The third-order valence-corrected chi connectivity index (χ3v) is 4.24. The Morgan fingerprint density at radius 1 is 1.30 bits per heavy atom. The van der Waals surface area contributed by atoms with Crippen molar-refractivity contribution in [2.75, 3.05) is 64.5 Å². The van der Waals surface area contributed by atoms with Gasteiger partial charge in [0.25, 0.3) is 0 Å². The topological polar surface area (TPSA) is 62.0 Å². The van der Waals surface area contributed by atoms with E-state index in [4.69, 9.17) is 9.15 Å². The van der Waals surface area contributed by atoms with Gasteiger partial charge in [-0.15, -0.1) is 0 Å². The summed E-state index contributed by atoms with van der Waals surface area (Å²) in [5, 5.41) is 6.76. The molecule has 7 heteroatoms. The molecular formula is C16H28N4O2S. The maximum Gasteiger partial charge on any atom is 0.191 e. The van der Waals surface area contributed by atoms with Crippen LogP contribution in [0.3, 0.4) is 0 Å². The van der Waals surface area contributed by atoms with Gasteiger partial charge in [-0.25, -0.2) is 0 Å². The Bertz CT molecular complexity index is 433. The second-order valence-corrected chi connectivity index (χ2v) is 6.35. The highest BCUT2D eigenvalue weighted by atomic mass is 32.2. The predicted octanol–water partition coefficient (Wildman–Crippen LogP) is 1.05. The average Bonchev–Trinajstić information content (AvgIpc) is 3.09. The van der Waals surface area contributed by atoms with Crippen molar-refractivity contribution in [3.05, 3.63) is 24.2 Å². The van der Waals surface area contributed by atoms with E-state index in [2.05, 4.69) is 26.8 Å². The molecule has 1 aromatic rings. The molecule has 0 atom stereocenters. The van der Waals surface area contributed by atoms with E-state index in [1.807, 2.05) is 23.9 Å². The van der Waals surface area contributed by atoms with Gasteiger partial charge in [0.1, 0.15) is 5.76 Å². The van der Waals surface area contributed by atoms with Crippen LogP contribution >= 0.6 is 11.8 Å². The largest absolute Gasteiger partial charge is 0.469 e. The minimum Gasteiger partial charge on any atom is -0.469 e. The molecule has 2 N–H and O–H groups in total. The van der Waals surface area contributed by atoms with Crippen molar-refractivity contribution in [2.24, 2.45) is 4.99 Å². The molecule has 23 heavy (non-hydrogen) atoms. The van der Waals surface area contributed by atoms with Crippen molar-refractivity contribution in [1.82, 2.24) is 15.5 Å². The Hall–Kier alpha value is -1.18. The standard InChI is InChI=1S/C16H28N4O2S/c1-23-14-7-19-16(17-5-4-15-3-2-11-22-15)18-6-8-20-9-12-21-13-10-20/h2-3,11H,4-10,12-14H2,1H3,(H2,17,18,19). The van der Waals surface area contributed by atoms with Crippen molar-refractivity contribution in [1.29, 1.82) is 0 Å². The van der Waals surface area contributed by atoms with Crippen molar-refractivity contribution in [3.63, 3.8) is 0 Å². The molecule has 1 aliphatic rings. The van der Waals surface area contributed by atoms with Crippen molar-refractivity contribution in [2.45, 2.75) is 6.42 Å². The first-order chi connectivity index (χ1) is 11.4. The number of nitrogens with zero attached hydrogens (tertiary/aromatic N) is 2. The predicted molar refractivity (Wildman–Crippen MR) is 96.4 cm³/mol. The summed E-state index contributed by atoms with van der Waals surface area (Å²) in [6.45, 7) is 7.22. The first kappa shape index (κ1) is 18.2. The van der Waals surface area contributed by atoms with Gasteiger partial charge in [-0.05, 0) is 18.4 Å². The van der Waals surface area contributed by atoms with Crippen LogP contribution in [0.1, 0.15) is 5.76 Å². The van der Waals surface area contributed by atoms with Crippen LogP contribution in [0.2, 0.25) is 0 Å². The number of aliphatic imine (C=N–C) groups is 1. The lowest BCUT2D eigenvalue weighted by Crippen LogP contribution is -2.41. The summed E-state index contributed by atoms with van der Waals surface area (Å²) in [5.74, 6) is 2.95. The Morgan fingerprint density at radius 2 is 2.13 bits per heavy atom. The third-order valence-electron chi connectivity index (χ3n) is 3.63. The molecule has 2 heterocycles. The van der Waals surface area contributed by atoms with Crippen molar-refractivity contribution >= 4 is 17.7 Å². The van der Waals surface area contributed by atoms with E-state index in [0.717, 1.165) is 76.4 Å². The molecule has 6 nitrogen and oxygen atoms in total. The van der Waals surface area contributed by atoms with Crippen LogP contribution in [-0.4, -0.2) is 75.4 Å². The quantitative estimate of drug-likeness (QED) is 0.398. The maximum atomic E-state index is 5.37. The summed E-state index contributed by atoms with van der Waals surface area (Å²) in [6.07, 6.45) is 4.68. The Labute approximate surface area is 143 Å². The molecule has 1 saturated heterocycles. The summed E-state index contributed by atoms with van der Waals surface area (Å²) in [6, 6.07) is 3.92. The summed E-state index contributed by atoms with van der Waals surface area (Å²) in [5.41, 5.74) is 0. The molecule has 0 saturated carbocycles. The van der Waals surface area contributed by atoms with Crippen LogP contribution in [0.25, 0.3) is 0 Å². The lowest BCUT2D eigenvalue weighted by atomic mass is 10.3. The summed E-state index contributed by atoms with van der Waals surface area (Å²) in [7, 11) is 0. The molecule has 0 bridgehead atoms. The van der Waals surface area contributed by atoms with E-state index in [0.29, 0.717) is 0 Å². The smallest absolute Gasteiger partial charge is 0.191 e. The van der Waals surface area contributed by atoms with E-state index in [1.54, 1.807) is 6.26 Å². The highest BCUT2D eigenvalue weighted by Gasteiger charge is 2.09. The number of hydrogen-bond acceptors (Lipinski definition) is 5. The van der Waals surface area contributed by atoms with Gasteiger partial charge in [0.05, 0.1) is 26.0 Å². The van der Waals surface area contributed by atoms with Crippen molar-refractivity contribution < 1.29 is 9.15 Å². The van der Waals surface area contributed by atoms with E-state index in [9.17, 15) is 0 Å². The number of hydrogen-bond donors (Lipinski definition) is 2. The van der Waals surface area contributed by atoms with Crippen LogP contribution in [0.4, 0.5) is 0 Å². The van der Waals surface area contributed by atoms with Gasteiger partial charge in [0.2, 0.25) is 0 Å². The summed E-state index contributed by atoms with van der Waals surface area (Å²) >= 11 is 1.83. The first-order valence-corrected chi connectivity index (χ1v) is 9.61. The van der Waals surface area contributed by atoms with Crippen molar-refractivity contribution in [3.8, 4) is 0 Å². The normalized spacial score (nSPS) is 16.5. The number of rotatable bonds is 9. The van der Waals surface area contributed by atoms with Gasteiger partial charge >= 0.3 is 0 Å². The molecule has 130 valence electrons. The fourth-order valence-electron chi connectivity index (χ4n) is 2.33. The number of ether oxygens (including phenoxy) is 1. The molecule has 1 aromatic heterocycles. The van der Waals surface area contributed by atoms with Gasteiger partial charge in [-0.3, -0.25) is 9.89 Å². The van der Waals surface area contributed by atoms with Crippen LogP contribution in [-0.2, 0) is 11.2 Å². The van der Waals surface area contributed by atoms with E-state index >= 15 is 0 Å². The van der Waals surface area contributed by atoms with E-state index in [1.165, 1.54) is 0 Å². The Balaban J connectivity index is 1.71. The molecule has 2 rings (SSSR count). The lowest BCUT2D eigenvalue weighted by Gasteiger charge is -2.25. The van der Waals surface area contributed by atoms with Crippen LogP contribution in [0.15, 0.2) is 27.8 Å². The number of nitrogens with one attached hydrogen (secondary N) is 2. The zero-order valence-corrected chi connectivity index (χ0v) is 14.7. The highest BCUT2D eigenvalue weighted by molar-refractivity contribution is 7.98. The SMILES string of the molecule is CSCCNC(=NCCN1CCOCC1)NCCc1ccco1. The van der Waals surface area contributed by atoms with Gasteiger partial charge in [-0.1, -0.05) is 0 Å². The fraction of sp³-hybridized carbons (Fsp3) is 0.688. The lowest BCUT2D eigenvalue weighted by molar-refractivity contribution is 0.0394. The molecule has 0 radical (unpaired) electrons. The molecule has 0 spiro atoms. The van der Waals surface area contributed by atoms with Crippen LogP contribution in [0.5, 0.6) is 0 Å². The van der Waals surface area contributed by atoms with Gasteiger partial charge in [0, 0.05) is 44.9 Å². The highest BCUT2D eigenvalue weighted by Crippen LogP contribution is 1.99. The monoisotopic (exact) mass is 340 g/mol. The minimum atomic E-state index is 0.801. The van der Waals surface area contributed by atoms with Crippen LogP contribution < -0.4 is 10.6 Å². The fourth-order valence-corrected chi connectivity index (χ4v) is 2.64.